The lowest BCUT2D eigenvalue weighted by atomic mass is 10.1. The summed E-state index contributed by atoms with van der Waals surface area (Å²) in [5, 5.41) is 10.8. The van der Waals surface area contributed by atoms with Crippen LogP contribution in [0.1, 0.15) is 27.7 Å². The molecule has 1 fully saturated rings. The predicted molar refractivity (Wildman–Crippen MR) is 125 cm³/mol. The summed E-state index contributed by atoms with van der Waals surface area (Å²) in [6, 6.07) is -0.352. The number of hydrogen-bond acceptors (Lipinski definition) is 12. The average molecular weight is 507 g/mol. The highest BCUT2D eigenvalue weighted by Gasteiger charge is 2.50. The van der Waals surface area contributed by atoms with E-state index in [9.17, 15) is 19.3 Å². The minimum atomic E-state index is -0.993. The number of hydrogen-bond donors (Lipinski definition) is 0. The molecule has 33 heavy (non-hydrogen) atoms. The third-order valence-electron chi connectivity index (χ3n) is 4.26. The summed E-state index contributed by atoms with van der Waals surface area (Å²) in [5.74, 6) is -0.564. The lowest BCUT2D eigenvalue weighted by Gasteiger charge is -2.18. The van der Waals surface area contributed by atoms with Gasteiger partial charge in [-0.05, 0) is 44.2 Å². The van der Waals surface area contributed by atoms with Crippen LogP contribution in [0.3, 0.4) is 0 Å². The minimum absolute atomic E-state index is 0.0209. The van der Waals surface area contributed by atoms with Crippen LogP contribution in [0.4, 0.5) is 9.59 Å². The number of oxime groups is 3. The van der Waals surface area contributed by atoms with Crippen molar-refractivity contribution in [1.82, 2.24) is 13.5 Å². The van der Waals surface area contributed by atoms with Gasteiger partial charge in [0.2, 0.25) is 0 Å². The molecule has 0 aromatic carbocycles. The Morgan fingerprint density at radius 2 is 1.61 bits per heavy atom. The van der Waals surface area contributed by atoms with Gasteiger partial charge in [0, 0.05) is 28.2 Å². The van der Waals surface area contributed by atoms with E-state index in [1.807, 2.05) is 13.8 Å². The molecule has 0 bridgehead atoms. The first-order valence-corrected chi connectivity index (χ1v) is 11.0. The van der Waals surface area contributed by atoms with E-state index in [-0.39, 0.29) is 22.6 Å². The molecule has 1 unspecified atom stereocenters. The molecule has 1 atom stereocenters. The van der Waals surface area contributed by atoms with Crippen LogP contribution in [0.2, 0.25) is 0 Å². The van der Waals surface area contributed by atoms with Gasteiger partial charge in [-0.25, -0.2) is 18.2 Å². The normalized spacial score (nSPS) is 19.2. The molecule has 16 heteroatoms. The number of amidine groups is 1. The summed E-state index contributed by atoms with van der Waals surface area (Å²) < 4.78 is 2.15. The van der Waals surface area contributed by atoms with Crippen LogP contribution in [-0.4, -0.2) is 99.0 Å². The molecule has 1 heterocycles. The summed E-state index contributed by atoms with van der Waals surface area (Å²) >= 11 is 1.80. The fourth-order valence-corrected chi connectivity index (χ4v) is 3.68. The molecule has 1 aliphatic rings. The largest absolute Gasteiger partial charge is 0.471 e. The quantitative estimate of drug-likeness (QED) is 0.166. The average Bonchev–Trinajstić information content (AvgIpc) is 2.93. The molecule has 0 radical (unpaired) electrons. The van der Waals surface area contributed by atoms with Gasteiger partial charge in [-0.2, -0.15) is 4.84 Å². The van der Waals surface area contributed by atoms with Crippen molar-refractivity contribution >= 4 is 58.6 Å². The number of carbonyl (C=O) groups is 3. The van der Waals surface area contributed by atoms with Gasteiger partial charge in [0.25, 0.3) is 5.91 Å². The van der Waals surface area contributed by atoms with Gasteiger partial charge in [0.05, 0.1) is 16.9 Å². The van der Waals surface area contributed by atoms with E-state index in [2.05, 4.69) is 20.3 Å². The monoisotopic (exact) mass is 506 g/mol. The predicted octanol–water partition coefficient (Wildman–Crippen LogP) is 2.12. The van der Waals surface area contributed by atoms with Crippen LogP contribution < -0.4 is 0 Å². The van der Waals surface area contributed by atoms with E-state index < -0.39 is 22.8 Å². The molecule has 1 rings (SSSR count). The van der Waals surface area contributed by atoms with Crippen LogP contribution in [-0.2, 0) is 19.3 Å². The van der Waals surface area contributed by atoms with Gasteiger partial charge in [-0.3, -0.25) is 9.63 Å². The van der Waals surface area contributed by atoms with Gasteiger partial charge in [0.15, 0.2) is 16.9 Å². The van der Waals surface area contributed by atoms with Crippen LogP contribution >= 0.6 is 23.9 Å². The summed E-state index contributed by atoms with van der Waals surface area (Å²) in [7, 11) is 6.89. The molecule has 14 nitrogen and oxygen atoms in total. The Morgan fingerprint density at radius 1 is 1.06 bits per heavy atom. The molecule has 184 valence electrons. The molecule has 1 saturated heterocycles. The van der Waals surface area contributed by atoms with Gasteiger partial charge in [0.1, 0.15) is 12.8 Å². The van der Waals surface area contributed by atoms with Crippen molar-refractivity contribution in [3.63, 3.8) is 0 Å². The van der Waals surface area contributed by atoms with E-state index in [0.29, 0.717) is 16.9 Å². The maximum atomic E-state index is 12.2. The Labute approximate surface area is 200 Å². The highest BCUT2D eigenvalue weighted by molar-refractivity contribution is 8.14. The molecule has 3 amide bonds. The molecule has 0 aromatic rings. The van der Waals surface area contributed by atoms with Crippen molar-refractivity contribution in [2.75, 3.05) is 35.3 Å². The smallest absolute Gasteiger partial charge is 0.399 e. The third kappa shape index (κ3) is 7.59. The first-order chi connectivity index (χ1) is 15.2. The van der Waals surface area contributed by atoms with E-state index in [1.165, 1.54) is 58.9 Å². The van der Waals surface area contributed by atoms with Gasteiger partial charge < -0.3 is 9.74 Å². The maximum absolute atomic E-state index is 12.2. The summed E-state index contributed by atoms with van der Waals surface area (Å²) in [5.41, 5.74) is -0.153. The van der Waals surface area contributed by atoms with Crippen molar-refractivity contribution in [2.45, 2.75) is 38.5 Å². The second-order valence-electron chi connectivity index (χ2n) is 7.37. The maximum Gasteiger partial charge on any atom is 0.471 e. The molecular weight excluding hydrogens is 478 g/mol. The van der Waals surface area contributed by atoms with Gasteiger partial charge >= 0.3 is 17.4 Å². The molecule has 0 aliphatic carbocycles. The lowest BCUT2D eigenvalue weighted by molar-refractivity contribution is -0.466. The van der Waals surface area contributed by atoms with E-state index >= 15 is 0 Å². The minimum Gasteiger partial charge on any atom is -0.399 e. The van der Waals surface area contributed by atoms with Crippen LogP contribution in [0.25, 0.3) is 0 Å². The fourth-order valence-electron chi connectivity index (χ4n) is 2.05. The molecule has 0 saturated carbocycles. The highest BCUT2D eigenvalue weighted by Crippen LogP contribution is 2.38. The summed E-state index contributed by atoms with van der Waals surface area (Å²) in [4.78, 5) is 64.1. The lowest BCUT2D eigenvalue weighted by Crippen LogP contribution is -2.35. The summed E-state index contributed by atoms with van der Waals surface area (Å²) in [6.07, 6.45) is -1.93. The van der Waals surface area contributed by atoms with Crippen LogP contribution in [0, 0.1) is 4.91 Å². The zero-order chi connectivity index (χ0) is 25.5. The van der Waals surface area contributed by atoms with Crippen molar-refractivity contribution in [1.29, 1.82) is 0 Å². The van der Waals surface area contributed by atoms with E-state index in [4.69, 9.17) is 9.68 Å². The Kier molecular flexibility index (Phi) is 10.1. The van der Waals surface area contributed by atoms with Gasteiger partial charge in [-0.1, -0.05) is 15.2 Å². The standard InChI is InChI=1S/C17H28N7O7S2/c1-10(18-29-9)12(13(25)21(5)6)19-30-15(26)22(7)33-23(8)16(27)31-20-14-24(28)11(2)17(3,4)32-14/h11H,1-9H3/q+1. The van der Waals surface area contributed by atoms with Gasteiger partial charge in [-0.15, -0.1) is 0 Å². The molecule has 0 aromatic heterocycles. The fraction of sp³-hybridized carbons (Fsp3) is 0.647. The Hall–Kier alpha value is -2.88. The first kappa shape index (κ1) is 28.2. The molecule has 0 N–H and O–H groups in total. The number of nitroso groups, excluding NO2 is 1. The Balaban J connectivity index is 2.75. The van der Waals surface area contributed by atoms with Crippen LogP contribution in [0.15, 0.2) is 15.5 Å². The van der Waals surface area contributed by atoms with Crippen molar-refractivity contribution in [2.24, 2.45) is 15.5 Å². The van der Waals surface area contributed by atoms with Crippen molar-refractivity contribution in [3.8, 4) is 0 Å². The Morgan fingerprint density at radius 3 is 2.06 bits per heavy atom. The number of rotatable bonds is 7. The van der Waals surface area contributed by atoms with Crippen molar-refractivity contribution in [3.05, 3.63) is 4.91 Å². The van der Waals surface area contributed by atoms with Crippen molar-refractivity contribution < 1.29 is 33.7 Å². The topological polar surface area (TPSA) is 146 Å². The van der Waals surface area contributed by atoms with E-state index in [0.717, 1.165) is 8.61 Å². The number of nitrogens with zero attached hydrogens (tertiary/aromatic N) is 7. The summed E-state index contributed by atoms with van der Waals surface area (Å²) in [6.45, 7) is 6.95. The Bertz CT molecular complexity index is 889. The zero-order valence-corrected chi connectivity index (χ0v) is 21.5. The highest BCUT2D eigenvalue weighted by atomic mass is 32.2. The zero-order valence-electron chi connectivity index (χ0n) is 19.9. The second-order valence-corrected chi connectivity index (χ2v) is 10.3. The SMILES string of the molecule is CON=C(C)C(=NOC(=O)N(C)SN(C)C(=O)ON=C1SC(C)(C)C(C)[N+]1=O)C(=O)N(C)C. The third-order valence-corrected chi connectivity index (χ3v) is 6.35. The molecule has 1 aliphatic heterocycles. The molecular formula is C17H28N7O7S2+. The number of amides is 3. The number of thioether (sulfide) groups is 1. The molecule has 0 spiro atoms. The first-order valence-electron chi connectivity index (χ1n) is 9.41. The van der Waals surface area contributed by atoms with Crippen LogP contribution in [0.5, 0.6) is 0 Å². The second kappa shape index (κ2) is 11.8. The van der Waals surface area contributed by atoms with E-state index in [1.54, 1.807) is 6.92 Å². The number of carbonyl (C=O) groups excluding carboxylic acids is 3.